The summed E-state index contributed by atoms with van der Waals surface area (Å²) in [5, 5.41) is 1.42. The molecule has 1 N–H and O–H groups in total. The second kappa shape index (κ2) is 8.32. The highest BCUT2D eigenvalue weighted by molar-refractivity contribution is 5.87. The molecule has 2 fully saturated rings. The number of H-pyrrole nitrogens is 1. The van der Waals surface area contributed by atoms with Crippen LogP contribution in [0.2, 0.25) is 0 Å². The van der Waals surface area contributed by atoms with E-state index >= 15 is 0 Å². The number of aromatic amines is 1. The van der Waals surface area contributed by atoms with Gasteiger partial charge in [0.2, 0.25) is 0 Å². The van der Waals surface area contributed by atoms with Crippen molar-refractivity contribution in [2.24, 2.45) is 11.8 Å². The van der Waals surface area contributed by atoms with Gasteiger partial charge in [-0.25, -0.2) is 0 Å². The van der Waals surface area contributed by atoms with Crippen molar-refractivity contribution in [3.63, 3.8) is 0 Å². The van der Waals surface area contributed by atoms with Gasteiger partial charge < -0.3 is 4.98 Å². The first-order valence-electron chi connectivity index (χ1n) is 11.5. The van der Waals surface area contributed by atoms with Crippen molar-refractivity contribution < 1.29 is 0 Å². The fourth-order valence-electron chi connectivity index (χ4n) is 5.40. The number of rotatable bonds is 6. The van der Waals surface area contributed by atoms with Gasteiger partial charge in [-0.05, 0) is 85.7 Å². The van der Waals surface area contributed by atoms with Crippen LogP contribution >= 0.6 is 0 Å². The number of nitrogens with one attached hydrogen (secondary N) is 1. The zero-order chi connectivity index (χ0) is 20.5. The van der Waals surface area contributed by atoms with Crippen LogP contribution in [-0.2, 0) is 13.0 Å². The van der Waals surface area contributed by atoms with Crippen molar-refractivity contribution in [2.75, 3.05) is 6.54 Å². The molecule has 2 aromatic carbocycles. The van der Waals surface area contributed by atoms with Gasteiger partial charge in [-0.1, -0.05) is 36.4 Å². The molecule has 154 valence electrons. The van der Waals surface area contributed by atoms with E-state index in [0.29, 0.717) is 12.0 Å². The fourth-order valence-corrected chi connectivity index (χ4v) is 5.40. The Kier molecular flexibility index (Phi) is 5.40. The van der Waals surface area contributed by atoms with Crippen LogP contribution < -0.4 is 0 Å². The van der Waals surface area contributed by atoms with E-state index < -0.39 is 0 Å². The summed E-state index contributed by atoms with van der Waals surface area (Å²) >= 11 is 0. The van der Waals surface area contributed by atoms with Crippen molar-refractivity contribution in [2.45, 2.75) is 58.0 Å². The summed E-state index contributed by atoms with van der Waals surface area (Å²) in [6.07, 6.45) is 15.1. The maximum Gasteiger partial charge on any atom is 0.0487 e. The van der Waals surface area contributed by atoms with Crippen molar-refractivity contribution in [1.29, 1.82) is 0 Å². The molecule has 1 saturated heterocycles. The van der Waals surface area contributed by atoms with Crippen LogP contribution in [0.25, 0.3) is 10.9 Å². The van der Waals surface area contributed by atoms with E-state index in [9.17, 15) is 0 Å². The highest BCUT2D eigenvalue weighted by Gasteiger charge is 2.31. The number of likely N-dealkylation sites (tertiary alicyclic amines) is 1. The molecule has 0 radical (unpaired) electrons. The highest BCUT2D eigenvalue weighted by atomic mass is 15.2. The number of benzene rings is 2. The van der Waals surface area contributed by atoms with Crippen LogP contribution in [0.4, 0.5) is 0 Å². The van der Waals surface area contributed by atoms with Crippen LogP contribution in [0, 0.1) is 31.1 Å². The topological polar surface area (TPSA) is 19.0 Å². The second-order valence-corrected chi connectivity index (χ2v) is 9.44. The smallest absolute Gasteiger partial charge is 0.0487 e. The number of hydrogen-bond donors (Lipinski definition) is 1. The molecule has 2 heteroatoms. The molecular formula is C28H32N2. The van der Waals surface area contributed by atoms with E-state index in [-0.39, 0.29) is 0 Å². The molecule has 2 aliphatic rings. The molecule has 2 atom stereocenters. The molecule has 2 heterocycles. The lowest BCUT2D eigenvalue weighted by Gasteiger charge is -2.40. The van der Waals surface area contributed by atoms with Crippen LogP contribution in [0.1, 0.15) is 60.4 Å². The number of hydrogen-bond acceptors (Lipinski definition) is 1. The molecule has 5 rings (SSSR count). The van der Waals surface area contributed by atoms with E-state index in [1.165, 1.54) is 47.7 Å². The number of nitrogens with zero attached hydrogens (tertiary/aromatic N) is 1. The largest absolute Gasteiger partial charge is 0.361 e. The highest BCUT2D eigenvalue weighted by Crippen LogP contribution is 2.40. The number of aryl methyl sites for hydroxylation is 1. The molecule has 2 nitrogen and oxygen atoms in total. The summed E-state index contributed by atoms with van der Waals surface area (Å²) < 4.78 is 0. The zero-order valence-corrected chi connectivity index (χ0v) is 18.0. The summed E-state index contributed by atoms with van der Waals surface area (Å²) in [5.41, 5.74) is 7.23. The maximum atomic E-state index is 5.67. The number of aromatic nitrogens is 1. The average Bonchev–Trinajstić information content (AvgIpc) is 3.44. The Balaban J connectivity index is 1.50. The minimum atomic E-state index is 0.447. The number of piperidine rings is 1. The zero-order valence-electron chi connectivity index (χ0n) is 18.0. The van der Waals surface area contributed by atoms with Gasteiger partial charge in [0.15, 0.2) is 0 Å². The minimum absolute atomic E-state index is 0.447. The lowest BCUT2D eigenvalue weighted by molar-refractivity contribution is 0.106. The summed E-state index contributed by atoms with van der Waals surface area (Å²) in [7, 11) is 0. The van der Waals surface area contributed by atoms with E-state index in [4.69, 9.17) is 6.42 Å². The molecule has 0 spiro atoms. The molecule has 1 unspecified atom stereocenters. The Morgan fingerprint density at radius 3 is 2.70 bits per heavy atom. The summed E-state index contributed by atoms with van der Waals surface area (Å²) in [6.45, 7) is 4.39. The lowest BCUT2D eigenvalue weighted by Crippen LogP contribution is -2.36. The van der Waals surface area contributed by atoms with Gasteiger partial charge in [-0.15, -0.1) is 12.3 Å². The molecule has 1 aliphatic carbocycles. The Morgan fingerprint density at radius 2 is 1.93 bits per heavy atom. The molecule has 30 heavy (non-hydrogen) atoms. The summed E-state index contributed by atoms with van der Waals surface area (Å²) in [6, 6.07) is 16.2. The third-order valence-electron chi connectivity index (χ3n) is 7.22. The van der Waals surface area contributed by atoms with E-state index in [1.54, 1.807) is 11.1 Å². The van der Waals surface area contributed by atoms with Crippen LogP contribution in [0.5, 0.6) is 0 Å². The number of terminal acetylenes is 1. The van der Waals surface area contributed by atoms with Gasteiger partial charge in [0, 0.05) is 36.1 Å². The Bertz CT molecular complexity index is 1050. The molecule has 3 aromatic rings. The predicted octanol–water partition coefficient (Wildman–Crippen LogP) is 6.41. The molecule has 0 amide bonds. The maximum absolute atomic E-state index is 5.67. The Morgan fingerprint density at radius 1 is 1.10 bits per heavy atom. The third kappa shape index (κ3) is 3.92. The first kappa shape index (κ1) is 19.5. The predicted molar refractivity (Wildman–Crippen MR) is 125 cm³/mol. The SMILES string of the molecule is C#CCC1CCN(Cc2c(CC3CC3)cc(C)c3[nH]ccc23)[C@H](c2ccccc2)C1. The van der Waals surface area contributed by atoms with Gasteiger partial charge in [-0.3, -0.25) is 4.90 Å². The molecular weight excluding hydrogens is 364 g/mol. The van der Waals surface area contributed by atoms with Gasteiger partial charge in [0.25, 0.3) is 0 Å². The Labute approximate surface area is 180 Å². The lowest BCUT2D eigenvalue weighted by atomic mass is 9.84. The average molecular weight is 397 g/mol. The van der Waals surface area contributed by atoms with Crippen molar-refractivity contribution in [1.82, 2.24) is 9.88 Å². The summed E-state index contributed by atoms with van der Waals surface area (Å²) in [5.74, 6) is 4.44. The van der Waals surface area contributed by atoms with Gasteiger partial charge >= 0.3 is 0 Å². The van der Waals surface area contributed by atoms with Crippen LogP contribution in [0.3, 0.4) is 0 Å². The van der Waals surface area contributed by atoms with Crippen molar-refractivity contribution in [3.05, 3.63) is 70.9 Å². The molecule has 1 aliphatic heterocycles. The summed E-state index contributed by atoms with van der Waals surface area (Å²) in [4.78, 5) is 6.21. The van der Waals surface area contributed by atoms with Crippen LogP contribution in [0.15, 0.2) is 48.7 Å². The monoisotopic (exact) mass is 396 g/mol. The first-order chi connectivity index (χ1) is 14.7. The van der Waals surface area contributed by atoms with E-state index in [2.05, 4.69) is 71.4 Å². The van der Waals surface area contributed by atoms with Gasteiger partial charge in [0.05, 0.1) is 0 Å². The fraction of sp³-hybridized carbons (Fsp3) is 0.429. The van der Waals surface area contributed by atoms with Crippen LogP contribution in [-0.4, -0.2) is 16.4 Å². The second-order valence-electron chi connectivity index (χ2n) is 9.44. The molecule has 1 saturated carbocycles. The molecule has 1 aromatic heterocycles. The van der Waals surface area contributed by atoms with Gasteiger partial charge in [0.1, 0.15) is 0 Å². The quantitative estimate of drug-likeness (QED) is 0.477. The minimum Gasteiger partial charge on any atom is -0.361 e. The van der Waals surface area contributed by atoms with Crippen molar-refractivity contribution >= 4 is 10.9 Å². The third-order valence-corrected chi connectivity index (χ3v) is 7.22. The van der Waals surface area contributed by atoms with Gasteiger partial charge in [-0.2, -0.15) is 0 Å². The standard InChI is InChI=1S/C28H32N2/c1-3-7-21-13-15-30(27(18-21)23-8-5-4-6-9-23)19-26-24(17-22-10-11-22)16-20(2)28-25(26)12-14-29-28/h1,4-6,8-9,12,14,16,21-22,27,29H,7,10-11,13,15,17-19H2,2H3/t21?,27-/m0/s1. The normalized spacial score (nSPS) is 22.3. The number of fused-ring (bicyclic) bond motifs is 1. The first-order valence-corrected chi connectivity index (χ1v) is 11.5. The van der Waals surface area contributed by atoms with E-state index in [1.807, 2.05) is 0 Å². The molecule has 0 bridgehead atoms. The van der Waals surface area contributed by atoms with Crippen molar-refractivity contribution in [3.8, 4) is 12.3 Å². The van der Waals surface area contributed by atoms with E-state index in [0.717, 1.165) is 31.8 Å². The Hall–Kier alpha value is -2.50.